The van der Waals surface area contributed by atoms with Crippen molar-refractivity contribution in [2.45, 2.75) is 13.5 Å². The maximum atomic E-state index is 10.9. The number of carbonyl (C=O) groups is 1. The van der Waals surface area contributed by atoms with Crippen LogP contribution in [0, 0.1) is 10.1 Å². The molecule has 0 saturated carbocycles. The molecule has 6 heteroatoms. The minimum Gasteiger partial charge on any atom is -0.489 e. The normalized spacial score (nSPS) is 9.95. The Labute approximate surface area is 121 Å². The lowest BCUT2D eigenvalue weighted by atomic mass is 10.2. The largest absolute Gasteiger partial charge is 0.489 e. The molecule has 6 nitrogen and oxygen atoms in total. The van der Waals surface area contributed by atoms with E-state index in [1.165, 1.54) is 13.0 Å². The van der Waals surface area contributed by atoms with E-state index in [0.29, 0.717) is 17.1 Å². The minimum absolute atomic E-state index is 0.00800. The summed E-state index contributed by atoms with van der Waals surface area (Å²) in [6.07, 6.45) is 0. The van der Waals surface area contributed by atoms with Crippen LogP contribution in [-0.2, 0) is 11.4 Å². The third kappa shape index (κ3) is 4.04. The first kappa shape index (κ1) is 14.5. The summed E-state index contributed by atoms with van der Waals surface area (Å²) in [5.41, 5.74) is 0.481. The molecule has 0 spiro atoms. The van der Waals surface area contributed by atoms with Gasteiger partial charge < -0.3 is 9.47 Å². The van der Waals surface area contributed by atoms with Gasteiger partial charge in [-0.2, -0.15) is 0 Å². The average Bonchev–Trinajstić information content (AvgIpc) is 2.45. The molecule has 0 amide bonds. The van der Waals surface area contributed by atoms with Crippen molar-refractivity contribution in [2.24, 2.45) is 0 Å². The Morgan fingerprint density at radius 3 is 2.57 bits per heavy atom. The van der Waals surface area contributed by atoms with Crippen molar-refractivity contribution >= 4 is 11.7 Å². The molecule has 0 atom stereocenters. The van der Waals surface area contributed by atoms with Crippen molar-refractivity contribution in [3.63, 3.8) is 0 Å². The number of benzene rings is 2. The number of nitro benzene ring substituents is 1. The molecule has 0 aliphatic carbocycles. The summed E-state index contributed by atoms with van der Waals surface area (Å²) in [4.78, 5) is 21.3. The zero-order chi connectivity index (χ0) is 15.2. The maximum absolute atomic E-state index is 10.9. The molecule has 0 aliphatic rings. The van der Waals surface area contributed by atoms with Crippen LogP contribution in [0.2, 0.25) is 0 Å². The van der Waals surface area contributed by atoms with Crippen molar-refractivity contribution in [3.05, 3.63) is 64.2 Å². The van der Waals surface area contributed by atoms with Gasteiger partial charge in [0, 0.05) is 19.1 Å². The van der Waals surface area contributed by atoms with Gasteiger partial charge in [-0.15, -0.1) is 0 Å². The van der Waals surface area contributed by atoms with Crippen molar-refractivity contribution < 1.29 is 19.2 Å². The van der Waals surface area contributed by atoms with E-state index < -0.39 is 10.9 Å². The Kier molecular flexibility index (Phi) is 4.50. The van der Waals surface area contributed by atoms with E-state index in [0.717, 1.165) is 0 Å². The number of carbonyl (C=O) groups excluding carboxylic acids is 1. The Balaban J connectivity index is 2.10. The molecule has 0 heterocycles. The van der Waals surface area contributed by atoms with Gasteiger partial charge in [-0.25, -0.2) is 0 Å². The zero-order valence-electron chi connectivity index (χ0n) is 11.3. The molecular weight excluding hydrogens is 274 g/mol. The SMILES string of the molecule is CC(=O)Oc1cccc(OCc2ccccc2[N+](=O)[O-])c1. The molecular formula is C15H13NO5. The van der Waals surface area contributed by atoms with Gasteiger partial charge in [0.15, 0.2) is 0 Å². The van der Waals surface area contributed by atoms with Gasteiger partial charge in [0.2, 0.25) is 0 Å². The van der Waals surface area contributed by atoms with Crippen LogP contribution in [0.3, 0.4) is 0 Å². The second-order valence-electron chi connectivity index (χ2n) is 4.24. The van der Waals surface area contributed by atoms with Crippen LogP contribution in [0.5, 0.6) is 11.5 Å². The summed E-state index contributed by atoms with van der Waals surface area (Å²) < 4.78 is 10.5. The molecule has 0 unspecified atom stereocenters. The van der Waals surface area contributed by atoms with E-state index in [1.807, 2.05) is 0 Å². The minimum atomic E-state index is -0.450. The quantitative estimate of drug-likeness (QED) is 0.365. The van der Waals surface area contributed by atoms with E-state index in [4.69, 9.17) is 9.47 Å². The predicted molar refractivity (Wildman–Crippen MR) is 75.2 cm³/mol. The van der Waals surface area contributed by atoms with Crippen molar-refractivity contribution in [2.75, 3.05) is 0 Å². The summed E-state index contributed by atoms with van der Waals surface area (Å²) in [5.74, 6) is 0.403. The predicted octanol–water partition coefficient (Wildman–Crippen LogP) is 3.10. The molecule has 2 aromatic rings. The molecule has 0 fully saturated rings. The van der Waals surface area contributed by atoms with Crippen LogP contribution in [0.25, 0.3) is 0 Å². The molecule has 2 aromatic carbocycles. The summed E-state index contributed by atoms with van der Waals surface area (Å²) >= 11 is 0. The second-order valence-corrected chi connectivity index (χ2v) is 4.24. The number of rotatable bonds is 5. The van der Waals surface area contributed by atoms with Crippen LogP contribution < -0.4 is 9.47 Å². The number of nitrogens with zero attached hydrogens (tertiary/aromatic N) is 1. The Morgan fingerprint density at radius 1 is 1.14 bits per heavy atom. The fraction of sp³-hybridized carbons (Fsp3) is 0.133. The van der Waals surface area contributed by atoms with Crippen LogP contribution in [0.15, 0.2) is 48.5 Å². The molecule has 108 valence electrons. The molecule has 2 rings (SSSR count). The first-order chi connectivity index (χ1) is 10.1. The zero-order valence-corrected chi connectivity index (χ0v) is 11.3. The summed E-state index contributed by atoms with van der Waals surface area (Å²) in [5, 5.41) is 10.9. The third-order valence-electron chi connectivity index (χ3n) is 2.65. The lowest BCUT2D eigenvalue weighted by Crippen LogP contribution is -2.02. The number of hydrogen-bond acceptors (Lipinski definition) is 5. The molecule has 0 saturated heterocycles. The van der Waals surface area contributed by atoms with Crippen LogP contribution in [0.4, 0.5) is 5.69 Å². The van der Waals surface area contributed by atoms with Gasteiger partial charge in [0.1, 0.15) is 18.1 Å². The lowest BCUT2D eigenvalue weighted by Gasteiger charge is -2.08. The third-order valence-corrected chi connectivity index (χ3v) is 2.65. The fourth-order valence-corrected chi connectivity index (χ4v) is 1.77. The Morgan fingerprint density at radius 2 is 1.86 bits per heavy atom. The van der Waals surface area contributed by atoms with Crippen LogP contribution >= 0.6 is 0 Å². The first-order valence-corrected chi connectivity index (χ1v) is 6.20. The van der Waals surface area contributed by atoms with Gasteiger partial charge in [0.05, 0.1) is 10.5 Å². The van der Waals surface area contributed by atoms with Crippen molar-refractivity contribution in [1.82, 2.24) is 0 Å². The highest BCUT2D eigenvalue weighted by molar-refractivity contribution is 5.69. The first-order valence-electron chi connectivity index (χ1n) is 6.20. The number of esters is 1. The van der Waals surface area contributed by atoms with Gasteiger partial charge >= 0.3 is 5.97 Å². The van der Waals surface area contributed by atoms with Crippen LogP contribution in [-0.4, -0.2) is 10.9 Å². The highest BCUT2D eigenvalue weighted by Gasteiger charge is 2.12. The monoisotopic (exact) mass is 287 g/mol. The lowest BCUT2D eigenvalue weighted by molar-refractivity contribution is -0.385. The van der Waals surface area contributed by atoms with Gasteiger partial charge in [-0.05, 0) is 18.2 Å². The Hall–Kier alpha value is -2.89. The fourth-order valence-electron chi connectivity index (χ4n) is 1.77. The van der Waals surface area contributed by atoms with Crippen molar-refractivity contribution in [1.29, 1.82) is 0 Å². The summed E-state index contributed by atoms with van der Waals surface area (Å²) in [6, 6.07) is 12.9. The standard InChI is InChI=1S/C15H13NO5/c1-11(17)21-14-7-4-6-13(9-14)20-10-12-5-2-3-8-15(12)16(18)19/h2-9H,10H2,1H3. The number of para-hydroxylation sites is 1. The van der Waals surface area contributed by atoms with E-state index in [9.17, 15) is 14.9 Å². The summed E-state index contributed by atoms with van der Waals surface area (Å²) in [6.45, 7) is 1.36. The van der Waals surface area contributed by atoms with E-state index in [2.05, 4.69) is 0 Å². The van der Waals surface area contributed by atoms with E-state index >= 15 is 0 Å². The van der Waals surface area contributed by atoms with Crippen LogP contribution in [0.1, 0.15) is 12.5 Å². The van der Waals surface area contributed by atoms with E-state index in [-0.39, 0.29) is 12.3 Å². The molecule has 0 N–H and O–H groups in total. The summed E-state index contributed by atoms with van der Waals surface area (Å²) in [7, 11) is 0. The molecule has 0 aliphatic heterocycles. The number of hydrogen-bond donors (Lipinski definition) is 0. The second kappa shape index (κ2) is 6.51. The maximum Gasteiger partial charge on any atom is 0.308 e. The van der Waals surface area contributed by atoms with Gasteiger partial charge in [-0.1, -0.05) is 18.2 Å². The molecule has 0 aromatic heterocycles. The highest BCUT2D eigenvalue weighted by atomic mass is 16.6. The molecule has 0 bridgehead atoms. The van der Waals surface area contributed by atoms with E-state index in [1.54, 1.807) is 42.5 Å². The molecule has 21 heavy (non-hydrogen) atoms. The number of ether oxygens (including phenoxy) is 2. The van der Waals surface area contributed by atoms with Gasteiger partial charge in [0.25, 0.3) is 5.69 Å². The van der Waals surface area contributed by atoms with Gasteiger partial charge in [-0.3, -0.25) is 14.9 Å². The highest BCUT2D eigenvalue weighted by Crippen LogP contribution is 2.23. The van der Waals surface area contributed by atoms with Crippen molar-refractivity contribution in [3.8, 4) is 11.5 Å². The smallest absolute Gasteiger partial charge is 0.308 e. The average molecular weight is 287 g/mol. The number of nitro groups is 1. The topological polar surface area (TPSA) is 78.7 Å². The molecule has 0 radical (unpaired) electrons. The Bertz CT molecular complexity index is 669.